The van der Waals surface area contributed by atoms with Crippen LogP contribution in [0.15, 0.2) is 16.8 Å². The van der Waals surface area contributed by atoms with E-state index in [1.807, 2.05) is 0 Å². The maximum atomic E-state index is 12.6. The molecule has 1 amide bonds. The number of hydrogen-bond donors (Lipinski definition) is 1. The van der Waals surface area contributed by atoms with Crippen molar-refractivity contribution in [2.75, 3.05) is 0 Å². The summed E-state index contributed by atoms with van der Waals surface area (Å²) < 4.78 is 0. The van der Waals surface area contributed by atoms with Gasteiger partial charge in [-0.15, -0.1) is 0 Å². The second-order valence-electron chi connectivity index (χ2n) is 6.15. The number of carbonyl (C=O) groups is 1. The van der Waals surface area contributed by atoms with Crippen molar-refractivity contribution in [3.05, 3.63) is 22.4 Å². The number of nitrogens with one attached hydrogen (secondary N) is 1. The van der Waals surface area contributed by atoms with Crippen LogP contribution < -0.4 is 5.32 Å². The van der Waals surface area contributed by atoms with Crippen LogP contribution in [0.4, 0.5) is 0 Å². The van der Waals surface area contributed by atoms with Gasteiger partial charge in [-0.05, 0) is 54.5 Å². The Hall–Kier alpha value is -0.870. The van der Waals surface area contributed by atoms with Crippen LogP contribution in [0.2, 0.25) is 0 Å². The van der Waals surface area contributed by atoms with Crippen LogP contribution >= 0.6 is 11.3 Å². The molecule has 1 fully saturated rings. The van der Waals surface area contributed by atoms with Crippen LogP contribution in [-0.4, -0.2) is 22.9 Å². The summed E-state index contributed by atoms with van der Waals surface area (Å²) in [5.74, 6) is 0.949. The first-order chi connectivity index (χ1) is 9.54. The van der Waals surface area contributed by atoms with E-state index >= 15 is 0 Å². The van der Waals surface area contributed by atoms with E-state index in [0.29, 0.717) is 12.0 Å². The molecule has 112 valence electrons. The topological polar surface area (TPSA) is 32.3 Å². The quantitative estimate of drug-likeness (QED) is 0.866. The molecule has 0 aromatic carbocycles. The van der Waals surface area contributed by atoms with Crippen molar-refractivity contribution in [1.82, 2.24) is 10.2 Å². The molecule has 1 aliphatic rings. The van der Waals surface area contributed by atoms with E-state index in [1.165, 1.54) is 5.56 Å². The number of rotatable bonds is 6. The fourth-order valence-corrected chi connectivity index (χ4v) is 3.49. The lowest BCUT2D eigenvalue weighted by Gasteiger charge is -2.30. The summed E-state index contributed by atoms with van der Waals surface area (Å²) in [6.45, 7) is 8.73. The third-order valence-electron chi connectivity index (χ3n) is 4.09. The van der Waals surface area contributed by atoms with Gasteiger partial charge in [0.25, 0.3) is 0 Å². The molecule has 0 bridgehead atoms. The van der Waals surface area contributed by atoms with Crippen LogP contribution in [0.25, 0.3) is 0 Å². The molecule has 1 N–H and O–H groups in total. The Morgan fingerprint density at radius 1 is 1.35 bits per heavy atom. The SMILES string of the molecule is CCC1NC(c2ccsc2)N(C(C)CCC(C)C)C1=O. The van der Waals surface area contributed by atoms with E-state index in [4.69, 9.17) is 0 Å². The summed E-state index contributed by atoms with van der Waals surface area (Å²) in [4.78, 5) is 14.7. The number of nitrogens with zero attached hydrogens (tertiary/aromatic N) is 1. The summed E-state index contributed by atoms with van der Waals surface area (Å²) in [6.07, 6.45) is 3.15. The number of carbonyl (C=O) groups excluding carboxylic acids is 1. The third-order valence-corrected chi connectivity index (χ3v) is 4.80. The van der Waals surface area contributed by atoms with Crippen LogP contribution in [0, 0.1) is 5.92 Å². The number of thiophene rings is 1. The van der Waals surface area contributed by atoms with Gasteiger partial charge in [-0.3, -0.25) is 10.1 Å². The fourth-order valence-electron chi connectivity index (χ4n) is 2.81. The van der Waals surface area contributed by atoms with E-state index in [-0.39, 0.29) is 18.1 Å². The zero-order chi connectivity index (χ0) is 14.7. The second kappa shape index (κ2) is 6.72. The lowest BCUT2D eigenvalue weighted by atomic mass is 10.0. The molecule has 3 nitrogen and oxygen atoms in total. The molecule has 1 saturated heterocycles. The lowest BCUT2D eigenvalue weighted by molar-refractivity contribution is -0.132. The maximum absolute atomic E-state index is 12.6. The predicted molar refractivity (Wildman–Crippen MR) is 84.7 cm³/mol. The average Bonchev–Trinajstić information content (AvgIpc) is 3.03. The lowest BCUT2D eigenvalue weighted by Crippen LogP contribution is -2.38. The molecule has 2 heterocycles. The van der Waals surface area contributed by atoms with Crippen molar-refractivity contribution in [2.24, 2.45) is 5.92 Å². The molecule has 0 radical (unpaired) electrons. The van der Waals surface area contributed by atoms with E-state index in [1.54, 1.807) is 11.3 Å². The Bertz CT molecular complexity index is 430. The van der Waals surface area contributed by atoms with E-state index in [2.05, 4.69) is 54.7 Å². The van der Waals surface area contributed by atoms with Crippen LogP contribution in [0.5, 0.6) is 0 Å². The first-order valence-electron chi connectivity index (χ1n) is 7.64. The van der Waals surface area contributed by atoms with Crippen LogP contribution in [0.3, 0.4) is 0 Å². The summed E-state index contributed by atoms with van der Waals surface area (Å²) in [6, 6.07) is 2.38. The standard InChI is InChI=1S/C16H26N2OS/c1-5-14-16(19)18(12(4)7-6-11(2)3)15(17-14)13-8-9-20-10-13/h8-12,14-15,17H,5-7H2,1-4H3. The van der Waals surface area contributed by atoms with Gasteiger partial charge in [0.2, 0.25) is 5.91 Å². The minimum Gasteiger partial charge on any atom is -0.319 e. The zero-order valence-electron chi connectivity index (χ0n) is 12.9. The third kappa shape index (κ3) is 3.23. The minimum absolute atomic E-state index is 0.0265. The highest BCUT2D eigenvalue weighted by atomic mass is 32.1. The van der Waals surface area contributed by atoms with Gasteiger partial charge in [-0.2, -0.15) is 11.3 Å². The first-order valence-corrected chi connectivity index (χ1v) is 8.59. The summed E-state index contributed by atoms with van der Waals surface area (Å²) in [5.41, 5.74) is 1.22. The van der Waals surface area contributed by atoms with Gasteiger partial charge in [0.1, 0.15) is 6.17 Å². The highest BCUT2D eigenvalue weighted by Crippen LogP contribution is 2.31. The monoisotopic (exact) mass is 294 g/mol. The molecule has 0 aliphatic carbocycles. The largest absolute Gasteiger partial charge is 0.319 e. The number of amides is 1. The molecular formula is C16H26N2OS. The van der Waals surface area contributed by atoms with Gasteiger partial charge in [-0.1, -0.05) is 20.8 Å². The van der Waals surface area contributed by atoms with Crippen molar-refractivity contribution >= 4 is 17.2 Å². The van der Waals surface area contributed by atoms with E-state index < -0.39 is 0 Å². The summed E-state index contributed by atoms with van der Waals surface area (Å²) in [7, 11) is 0. The van der Waals surface area contributed by atoms with Crippen LogP contribution in [-0.2, 0) is 4.79 Å². The van der Waals surface area contributed by atoms with Gasteiger partial charge in [-0.25, -0.2) is 0 Å². The predicted octanol–water partition coefficient (Wildman–Crippen LogP) is 3.78. The normalized spacial score (nSPS) is 24.6. The van der Waals surface area contributed by atoms with Crippen molar-refractivity contribution in [2.45, 2.75) is 65.2 Å². The summed E-state index contributed by atoms with van der Waals surface area (Å²) in [5, 5.41) is 7.72. The second-order valence-corrected chi connectivity index (χ2v) is 6.93. The molecule has 20 heavy (non-hydrogen) atoms. The zero-order valence-corrected chi connectivity index (χ0v) is 13.7. The van der Waals surface area contributed by atoms with Gasteiger partial charge in [0.05, 0.1) is 6.04 Å². The minimum atomic E-state index is -0.0265. The van der Waals surface area contributed by atoms with Crippen LogP contribution in [0.1, 0.15) is 58.7 Å². The highest BCUT2D eigenvalue weighted by molar-refractivity contribution is 7.07. The smallest absolute Gasteiger partial charge is 0.241 e. The Balaban J connectivity index is 2.14. The Morgan fingerprint density at radius 2 is 2.10 bits per heavy atom. The Labute approximate surface area is 126 Å². The highest BCUT2D eigenvalue weighted by Gasteiger charge is 2.40. The van der Waals surface area contributed by atoms with E-state index in [0.717, 1.165) is 19.3 Å². The molecule has 3 unspecified atom stereocenters. The molecule has 1 aliphatic heterocycles. The van der Waals surface area contributed by atoms with Crippen molar-refractivity contribution in [1.29, 1.82) is 0 Å². The molecule has 1 aromatic heterocycles. The van der Waals surface area contributed by atoms with Gasteiger partial charge in [0, 0.05) is 6.04 Å². The molecule has 3 atom stereocenters. The Kier molecular flexibility index (Phi) is 5.22. The van der Waals surface area contributed by atoms with E-state index in [9.17, 15) is 4.79 Å². The van der Waals surface area contributed by atoms with Crippen molar-refractivity contribution < 1.29 is 4.79 Å². The van der Waals surface area contributed by atoms with Crippen molar-refractivity contribution in [3.8, 4) is 0 Å². The van der Waals surface area contributed by atoms with Gasteiger partial charge < -0.3 is 4.90 Å². The molecule has 0 saturated carbocycles. The van der Waals surface area contributed by atoms with Gasteiger partial charge in [0.15, 0.2) is 0 Å². The number of hydrogen-bond acceptors (Lipinski definition) is 3. The Morgan fingerprint density at radius 3 is 2.65 bits per heavy atom. The molecule has 2 rings (SSSR count). The molecule has 1 aromatic rings. The fraction of sp³-hybridized carbons (Fsp3) is 0.688. The van der Waals surface area contributed by atoms with Crippen molar-refractivity contribution in [3.63, 3.8) is 0 Å². The maximum Gasteiger partial charge on any atom is 0.241 e. The summed E-state index contributed by atoms with van der Waals surface area (Å²) >= 11 is 1.69. The molecule has 4 heteroatoms. The molecular weight excluding hydrogens is 268 g/mol. The molecule has 0 spiro atoms. The average molecular weight is 294 g/mol. The van der Waals surface area contributed by atoms with Gasteiger partial charge >= 0.3 is 0 Å². The first kappa shape index (κ1) is 15.5.